The maximum atomic E-state index is 13.6. The van der Waals surface area contributed by atoms with Gasteiger partial charge in [-0.3, -0.25) is 19.1 Å². The molecule has 10 heteroatoms. The quantitative estimate of drug-likeness (QED) is 0.378. The van der Waals surface area contributed by atoms with Gasteiger partial charge in [0, 0.05) is 24.5 Å². The minimum absolute atomic E-state index is 0.0190. The maximum absolute atomic E-state index is 13.6. The van der Waals surface area contributed by atoms with E-state index in [4.69, 9.17) is 0 Å². The number of carbonyl (C=O) groups excluding carboxylic acids is 1. The number of nitrogens with one attached hydrogen (secondary N) is 2. The van der Waals surface area contributed by atoms with Crippen molar-refractivity contribution in [3.63, 3.8) is 0 Å². The van der Waals surface area contributed by atoms with E-state index in [0.29, 0.717) is 17.0 Å². The van der Waals surface area contributed by atoms with Crippen molar-refractivity contribution in [1.82, 2.24) is 19.9 Å². The van der Waals surface area contributed by atoms with Crippen LogP contribution in [0.5, 0.6) is 0 Å². The van der Waals surface area contributed by atoms with Gasteiger partial charge in [-0.05, 0) is 74.1 Å². The van der Waals surface area contributed by atoms with Crippen molar-refractivity contribution in [3.8, 4) is 11.4 Å². The molecule has 0 aliphatic heterocycles. The number of anilines is 3. The molecule has 0 aliphatic rings. The minimum atomic E-state index is -0.521. The van der Waals surface area contributed by atoms with Gasteiger partial charge < -0.3 is 15.5 Å². The summed E-state index contributed by atoms with van der Waals surface area (Å²) >= 11 is 0. The van der Waals surface area contributed by atoms with E-state index in [9.17, 15) is 18.4 Å². The van der Waals surface area contributed by atoms with E-state index < -0.39 is 17.4 Å². The summed E-state index contributed by atoms with van der Waals surface area (Å²) in [5.41, 5.74) is 2.25. The van der Waals surface area contributed by atoms with Crippen molar-refractivity contribution in [2.45, 2.75) is 19.5 Å². The van der Waals surface area contributed by atoms with Gasteiger partial charge in [-0.2, -0.15) is 0 Å². The summed E-state index contributed by atoms with van der Waals surface area (Å²) in [5, 5.41) is 5.44. The third-order valence-corrected chi connectivity index (χ3v) is 5.96. The molecule has 4 rings (SSSR count). The Bertz CT molecular complexity index is 1460. The normalized spacial score (nSPS) is 11.7. The molecule has 0 fully saturated rings. The van der Waals surface area contributed by atoms with E-state index in [-0.39, 0.29) is 24.0 Å². The average Bonchev–Trinajstić information content (AvgIpc) is 2.91. The molecule has 4 aromatic rings. The zero-order valence-corrected chi connectivity index (χ0v) is 20.6. The van der Waals surface area contributed by atoms with Crippen molar-refractivity contribution in [3.05, 3.63) is 101 Å². The molecule has 1 amide bonds. The number of hydrogen-bond acceptors (Lipinski definition) is 6. The van der Waals surface area contributed by atoms with Crippen molar-refractivity contribution in [1.29, 1.82) is 0 Å². The molecule has 0 radical (unpaired) electrons. The summed E-state index contributed by atoms with van der Waals surface area (Å²) in [5.74, 6) is -0.822. The van der Waals surface area contributed by atoms with E-state index in [1.165, 1.54) is 47.2 Å². The number of amides is 1. The first kappa shape index (κ1) is 25.6. The molecule has 0 saturated carbocycles. The first-order chi connectivity index (χ1) is 17.8. The lowest BCUT2D eigenvalue weighted by Gasteiger charge is -2.20. The van der Waals surface area contributed by atoms with Gasteiger partial charge in [0.15, 0.2) is 0 Å². The van der Waals surface area contributed by atoms with Crippen molar-refractivity contribution in [2.24, 2.45) is 0 Å². The topological polar surface area (TPSA) is 92.2 Å². The number of likely N-dealkylation sites (N-methyl/N-ethyl adjacent to an activating group) is 1. The van der Waals surface area contributed by atoms with Gasteiger partial charge in [-0.15, -0.1) is 0 Å². The summed E-state index contributed by atoms with van der Waals surface area (Å²) in [6, 6.07) is 13.0. The second-order valence-electron chi connectivity index (χ2n) is 8.48. The van der Waals surface area contributed by atoms with Gasteiger partial charge in [-0.25, -0.2) is 13.8 Å². The van der Waals surface area contributed by atoms with Gasteiger partial charge in [0.05, 0.1) is 30.7 Å². The van der Waals surface area contributed by atoms with Gasteiger partial charge in [-0.1, -0.05) is 0 Å². The molecule has 1 atom stereocenters. The molecular weight excluding hydrogens is 478 g/mol. The van der Waals surface area contributed by atoms with Crippen LogP contribution in [-0.2, 0) is 11.3 Å². The number of benzene rings is 2. The summed E-state index contributed by atoms with van der Waals surface area (Å²) in [4.78, 5) is 36.5. The van der Waals surface area contributed by atoms with E-state index in [1.54, 1.807) is 38.5 Å². The minimum Gasteiger partial charge on any atom is -0.343 e. The lowest BCUT2D eigenvalue weighted by atomic mass is 10.2. The molecule has 0 bridgehead atoms. The first-order valence-corrected chi connectivity index (χ1v) is 11.5. The van der Waals surface area contributed by atoms with Crippen LogP contribution in [0.15, 0.2) is 78.0 Å². The molecular formula is C27H26F2N6O2. The first-order valence-electron chi connectivity index (χ1n) is 11.5. The molecule has 0 aliphatic carbocycles. The Morgan fingerprint density at radius 2 is 1.65 bits per heavy atom. The van der Waals surface area contributed by atoms with Crippen LogP contribution in [-0.4, -0.2) is 40.6 Å². The van der Waals surface area contributed by atoms with E-state index in [0.717, 1.165) is 11.4 Å². The Labute approximate surface area is 212 Å². The highest BCUT2D eigenvalue weighted by Gasteiger charge is 2.17. The highest BCUT2D eigenvalue weighted by atomic mass is 19.1. The van der Waals surface area contributed by atoms with E-state index in [1.807, 2.05) is 18.0 Å². The Balaban J connectivity index is 1.73. The van der Waals surface area contributed by atoms with Crippen LogP contribution >= 0.6 is 0 Å². The molecule has 2 aromatic heterocycles. The molecule has 0 unspecified atom stereocenters. The fourth-order valence-electron chi connectivity index (χ4n) is 3.67. The number of carbonyl (C=O) groups is 1. The average molecular weight is 505 g/mol. The summed E-state index contributed by atoms with van der Waals surface area (Å²) in [6.45, 7) is 1.75. The molecule has 2 aromatic carbocycles. The fraction of sp³-hybridized carbons (Fsp3) is 0.185. The highest BCUT2D eigenvalue weighted by Crippen LogP contribution is 2.25. The van der Waals surface area contributed by atoms with Crippen LogP contribution in [0, 0.1) is 11.6 Å². The number of pyridine rings is 1. The zero-order valence-electron chi connectivity index (χ0n) is 20.6. The molecule has 2 N–H and O–H groups in total. The Morgan fingerprint density at radius 3 is 2.30 bits per heavy atom. The lowest BCUT2D eigenvalue weighted by molar-refractivity contribution is -0.117. The van der Waals surface area contributed by atoms with Crippen molar-refractivity contribution < 1.29 is 13.6 Å². The van der Waals surface area contributed by atoms with Crippen LogP contribution in [0.1, 0.15) is 12.5 Å². The van der Waals surface area contributed by atoms with Crippen molar-refractivity contribution in [2.75, 3.05) is 24.3 Å². The van der Waals surface area contributed by atoms with Gasteiger partial charge in [0.2, 0.25) is 5.91 Å². The number of hydrogen-bond donors (Lipinski definition) is 2. The van der Waals surface area contributed by atoms with E-state index in [2.05, 4.69) is 20.6 Å². The summed E-state index contributed by atoms with van der Waals surface area (Å²) < 4.78 is 28.3. The summed E-state index contributed by atoms with van der Waals surface area (Å²) in [7, 11) is 3.46. The highest BCUT2D eigenvalue weighted by molar-refractivity contribution is 5.94. The van der Waals surface area contributed by atoms with Crippen LogP contribution in [0.3, 0.4) is 0 Å². The third-order valence-electron chi connectivity index (χ3n) is 5.96. The Kier molecular flexibility index (Phi) is 7.69. The van der Waals surface area contributed by atoms with Crippen LogP contribution in [0.4, 0.5) is 25.8 Å². The fourth-order valence-corrected chi connectivity index (χ4v) is 3.67. The number of halogens is 2. The molecule has 0 saturated heterocycles. The van der Waals surface area contributed by atoms with E-state index >= 15 is 0 Å². The standard InChI is InChI=1S/C27H26F2N6O2/c1-17(30-2)26(36)33-24-15-32-25(19-4-6-20(28)7-5-19)35(27(24)37)16-18-12-23(14-31-13-18)34(3)22-10-8-21(29)9-11-22/h4-15,17,30H,16H2,1-3H3,(H,33,36)/t17-/m0/s1. The third kappa shape index (κ3) is 5.87. The largest absolute Gasteiger partial charge is 0.343 e. The van der Waals surface area contributed by atoms with Crippen LogP contribution in [0.2, 0.25) is 0 Å². The maximum Gasteiger partial charge on any atom is 0.277 e. The van der Waals surface area contributed by atoms with Gasteiger partial charge in [0.1, 0.15) is 23.1 Å². The SMILES string of the molecule is CN[C@@H](C)C(=O)Nc1cnc(-c2ccc(F)cc2)n(Cc2cncc(N(C)c3ccc(F)cc3)c2)c1=O. The van der Waals surface area contributed by atoms with Gasteiger partial charge in [0.25, 0.3) is 5.56 Å². The predicted molar refractivity (Wildman–Crippen MR) is 139 cm³/mol. The monoisotopic (exact) mass is 504 g/mol. The smallest absolute Gasteiger partial charge is 0.277 e. The van der Waals surface area contributed by atoms with Crippen LogP contribution < -0.4 is 21.1 Å². The molecule has 37 heavy (non-hydrogen) atoms. The lowest BCUT2D eigenvalue weighted by Crippen LogP contribution is -2.38. The molecule has 0 spiro atoms. The van der Waals surface area contributed by atoms with Gasteiger partial charge >= 0.3 is 0 Å². The zero-order chi connectivity index (χ0) is 26.5. The number of aromatic nitrogens is 3. The number of rotatable bonds is 8. The van der Waals surface area contributed by atoms with Crippen molar-refractivity contribution >= 4 is 23.0 Å². The van der Waals surface area contributed by atoms with Crippen LogP contribution in [0.25, 0.3) is 11.4 Å². The Hall–Kier alpha value is -4.44. The number of nitrogens with zero attached hydrogens (tertiary/aromatic N) is 4. The second kappa shape index (κ2) is 11.1. The molecule has 190 valence electrons. The predicted octanol–water partition coefficient (Wildman–Crippen LogP) is 3.95. The molecule has 8 nitrogen and oxygen atoms in total. The summed E-state index contributed by atoms with van der Waals surface area (Å²) in [6.07, 6.45) is 4.58. The Morgan fingerprint density at radius 1 is 1.00 bits per heavy atom. The molecule has 2 heterocycles. The second-order valence-corrected chi connectivity index (χ2v) is 8.48.